The summed E-state index contributed by atoms with van der Waals surface area (Å²) in [5.74, 6) is 0.605. The van der Waals surface area contributed by atoms with E-state index in [1.165, 1.54) is 22.5 Å². The monoisotopic (exact) mass is 333 g/mol. The van der Waals surface area contributed by atoms with E-state index in [9.17, 15) is 4.79 Å². The highest BCUT2D eigenvalue weighted by atomic mass is 16.1. The predicted octanol–water partition coefficient (Wildman–Crippen LogP) is 2.66. The molecule has 0 aliphatic rings. The van der Waals surface area contributed by atoms with E-state index in [-0.39, 0.29) is 11.6 Å². The lowest BCUT2D eigenvalue weighted by Gasteiger charge is -2.14. The van der Waals surface area contributed by atoms with Gasteiger partial charge in [-0.2, -0.15) is 5.10 Å². The van der Waals surface area contributed by atoms with Crippen LogP contribution < -0.4 is 10.9 Å². The molecule has 0 radical (unpaired) electrons. The fraction of sp³-hybridized carbons (Fsp3) is 0.211. The molecule has 0 bridgehead atoms. The average molecular weight is 333 g/mol. The predicted molar refractivity (Wildman–Crippen MR) is 98.3 cm³/mol. The van der Waals surface area contributed by atoms with Gasteiger partial charge in [0.1, 0.15) is 11.2 Å². The van der Waals surface area contributed by atoms with Gasteiger partial charge in [-0.1, -0.05) is 36.4 Å². The van der Waals surface area contributed by atoms with Gasteiger partial charge in [-0.15, -0.1) is 0 Å². The molecule has 0 fully saturated rings. The Morgan fingerprint density at radius 1 is 1.20 bits per heavy atom. The van der Waals surface area contributed by atoms with Crippen molar-refractivity contribution in [2.75, 3.05) is 0 Å². The Bertz CT molecular complexity index is 1110. The third kappa shape index (κ3) is 2.92. The average Bonchev–Trinajstić information content (AvgIpc) is 3.01. The maximum absolute atomic E-state index is 12.1. The molecule has 0 spiro atoms. The van der Waals surface area contributed by atoms with E-state index in [4.69, 9.17) is 0 Å². The Hall–Kier alpha value is -2.99. The second-order valence-corrected chi connectivity index (χ2v) is 6.23. The van der Waals surface area contributed by atoms with E-state index in [1.807, 2.05) is 12.1 Å². The van der Waals surface area contributed by atoms with Crippen LogP contribution in [0.15, 0.2) is 53.5 Å². The molecule has 2 N–H and O–H groups in total. The van der Waals surface area contributed by atoms with Crippen LogP contribution in [0, 0.1) is 0 Å². The van der Waals surface area contributed by atoms with Crippen molar-refractivity contribution in [2.24, 2.45) is 7.05 Å². The van der Waals surface area contributed by atoms with E-state index in [1.54, 1.807) is 11.7 Å². The fourth-order valence-corrected chi connectivity index (χ4v) is 3.01. The van der Waals surface area contributed by atoms with Crippen molar-refractivity contribution in [1.29, 1.82) is 0 Å². The lowest BCUT2D eigenvalue weighted by Crippen LogP contribution is -2.22. The first-order valence-corrected chi connectivity index (χ1v) is 8.25. The highest BCUT2D eigenvalue weighted by Crippen LogP contribution is 2.20. The summed E-state index contributed by atoms with van der Waals surface area (Å²) in [6.07, 6.45) is 1.54. The Labute approximate surface area is 144 Å². The number of rotatable bonds is 4. The van der Waals surface area contributed by atoms with Gasteiger partial charge in [0, 0.05) is 13.1 Å². The van der Waals surface area contributed by atoms with Crippen LogP contribution in [-0.2, 0) is 13.6 Å². The number of benzene rings is 2. The molecule has 2 aromatic carbocycles. The van der Waals surface area contributed by atoms with E-state index >= 15 is 0 Å². The number of fused-ring (bicyclic) bond motifs is 2. The van der Waals surface area contributed by atoms with Gasteiger partial charge in [0.15, 0.2) is 5.65 Å². The second kappa shape index (κ2) is 6.14. The normalized spacial score (nSPS) is 12.7. The smallest absolute Gasteiger partial charge is 0.262 e. The van der Waals surface area contributed by atoms with Gasteiger partial charge >= 0.3 is 0 Å². The van der Waals surface area contributed by atoms with E-state index < -0.39 is 0 Å². The summed E-state index contributed by atoms with van der Waals surface area (Å²) in [7, 11) is 1.78. The number of hydrogen-bond donors (Lipinski definition) is 2. The number of aromatic amines is 1. The summed E-state index contributed by atoms with van der Waals surface area (Å²) in [6.45, 7) is 2.58. The molecule has 0 saturated heterocycles. The second-order valence-electron chi connectivity index (χ2n) is 6.23. The molecule has 4 aromatic rings. The van der Waals surface area contributed by atoms with E-state index in [0.717, 1.165) is 0 Å². The van der Waals surface area contributed by atoms with Crippen molar-refractivity contribution in [1.82, 2.24) is 25.1 Å². The Morgan fingerprint density at radius 2 is 2.00 bits per heavy atom. The van der Waals surface area contributed by atoms with E-state index in [2.05, 4.69) is 57.6 Å². The third-order valence-electron chi connectivity index (χ3n) is 4.50. The fourth-order valence-electron chi connectivity index (χ4n) is 3.01. The molecule has 0 aliphatic heterocycles. The van der Waals surface area contributed by atoms with Gasteiger partial charge in [0.2, 0.25) is 0 Å². The first-order valence-electron chi connectivity index (χ1n) is 8.25. The summed E-state index contributed by atoms with van der Waals surface area (Å²) in [5.41, 5.74) is 1.63. The number of nitrogens with zero attached hydrogens (tertiary/aromatic N) is 3. The van der Waals surface area contributed by atoms with Gasteiger partial charge in [0.05, 0.1) is 12.7 Å². The van der Waals surface area contributed by atoms with Crippen molar-refractivity contribution in [2.45, 2.75) is 19.5 Å². The lowest BCUT2D eigenvalue weighted by atomic mass is 10.0. The molecule has 0 saturated carbocycles. The largest absolute Gasteiger partial charge is 0.309 e. The molecule has 6 heteroatoms. The van der Waals surface area contributed by atoms with E-state index in [0.29, 0.717) is 23.4 Å². The summed E-state index contributed by atoms with van der Waals surface area (Å²) < 4.78 is 1.61. The highest BCUT2D eigenvalue weighted by molar-refractivity contribution is 5.83. The number of aryl methyl sites for hydroxylation is 1. The zero-order valence-electron chi connectivity index (χ0n) is 14.2. The molecule has 0 aliphatic carbocycles. The van der Waals surface area contributed by atoms with Gasteiger partial charge in [0.25, 0.3) is 5.56 Å². The molecule has 1 unspecified atom stereocenters. The van der Waals surface area contributed by atoms with Crippen molar-refractivity contribution < 1.29 is 0 Å². The molecular formula is C19H19N5O. The minimum Gasteiger partial charge on any atom is -0.309 e. The minimum atomic E-state index is -0.159. The van der Waals surface area contributed by atoms with Crippen molar-refractivity contribution >= 4 is 21.8 Å². The summed E-state index contributed by atoms with van der Waals surface area (Å²) >= 11 is 0. The molecule has 25 heavy (non-hydrogen) atoms. The molecule has 2 heterocycles. The van der Waals surface area contributed by atoms with Gasteiger partial charge in [-0.3, -0.25) is 9.48 Å². The van der Waals surface area contributed by atoms with Crippen molar-refractivity contribution in [3.05, 3.63) is 70.4 Å². The number of aromatic nitrogens is 4. The maximum atomic E-state index is 12.1. The Morgan fingerprint density at radius 3 is 2.84 bits per heavy atom. The highest BCUT2D eigenvalue weighted by Gasteiger charge is 2.10. The SMILES string of the molecule is CC(NCc1nc2c(cnn2C)c(=O)[nH]1)c1ccc2ccccc2c1. The summed E-state index contributed by atoms with van der Waals surface area (Å²) in [6, 6.07) is 14.9. The summed E-state index contributed by atoms with van der Waals surface area (Å²) in [4.78, 5) is 19.4. The maximum Gasteiger partial charge on any atom is 0.262 e. The zero-order valence-corrected chi connectivity index (χ0v) is 14.2. The van der Waals surface area contributed by atoms with Crippen LogP contribution in [0.3, 0.4) is 0 Å². The first kappa shape index (κ1) is 15.5. The standard InChI is InChI=1S/C19H19N5O/c1-12(14-8-7-13-5-3-4-6-15(13)9-14)20-11-17-22-18-16(19(25)23-17)10-21-24(18)2/h3-10,12,20H,11H2,1-2H3,(H,22,23,25). The van der Waals surface area contributed by atoms with Gasteiger partial charge in [-0.25, -0.2) is 4.98 Å². The first-order chi connectivity index (χ1) is 12.1. The van der Waals surface area contributed by atoms with Crippen LogP contribution in [0.2, 0.25) is 0 Å². The van der Waals surface area contributed by atoms with Crippen LogP contribution in [0.1, 0.15) is 24.4 Å². The molecule has 2 aromatic heterocycles. The third-order valence-corrected chi connectivity index (χ3v) is 4.50. The quantitative estimate of drug-likeness (QED) is 0.602. The van der Waals surface area contributed by atoms with Crippen LogP contribution in [0.4, 0.5) is 0 Å². The molecule has 1 atom stereocenters. The zero-order chi connectivity index (χ0) is 17.4. The molecule has 126 valence electrons. The Kier molecular flexibility index (Phi) is 3.82. The van der Waals surface area contributed by atoms with Gasteiger partial charge < -0.3 is 10.3 Å². The van der Waals surface area contributed by atoms with Crippen LogP contribution in [0.25, 0.3) is 21.8 Å². The molecule has 4 rings (SSSR count). The van der Waals surface area contributed by atoms with Crippen LogP contribution in [0.5, 0.6) is 0 Å². The van der Waals surface area contributed by atoms with Crippen LogP contribution >= 0.6 is 0 Å². The topological polar surface area (TPSA) is 75.6 Å². The van der Waals surface area contributed by atoms with Crippen molar-refractivity contribution in [3.63, 3.8) is 0 Å². The molecule has 0 amide bonds. The minimum absolute atomic E-state index is 0.136. The van der Waals surface area contributed by atoms with Crippen LogP contribution in [-0.4, -0.2) is 19.7 Å². The number of H-pyrrole nitrogens is 1. The lowest BCUT2D eigenvalue weighted by molar-refractivity contribution is 0.559. The Balaban J connectivity index is 1.55. The summed E-state index contributed by atoms with van der Waals surface area (Å²) in [5, 5.41) is 10.5. The number of hydrogen-bond acceptors (Lipinski definition) is 4. The van der Waals surface area contributed by atoms with Gasteiger partial charge in [-0.05, 0) is 29.3 Å². The molecular weight excluding hydrogens is 314 g/mol. The number of nitrogens with one attached hydrogen (secondary N) is 2. The molecule has 6 nitrogen and oxygen atoms in total. The van der Waals surface area contributed by atoms with Crippen molar-refractivity contribution in [3.8, 4) is 0 Å².